The van der Waals surface area contributed by atoms with Crippen LogP contribution in [0.4, 0.5) is 0 Å². The van der Waals surface area contributed by atoms with Gasteiger partial charge in [0.2, 0.25) is 0 Å². The van der Waals surface area contributed by atoms with Crippen molar-refractivity contribution in [1.82, 2.24) is 0 Å². The fraction of sp³-hybridized carbons (Fsp3) is 0. The zero-order chi connectivity index (χ0) is 28.5. The molecule has 0 bridgehead atoms. The van der Waals surface area contributed by atoms with E-state index in [9.17, 15) is 0 Å². The summed E-state index contributed by atoms with van der Waals surface area (Å²) in [5.74, 6) is 0. The molecule has 0 aliphatic carbocycles. The van der Waals surface area contributed by atoms with Crippen LogP contribution in [0.3, 0.4) is 0 Å². The van der Waals surface area contributed by atoms with Crippen LogP contribution in [0.15, 0.2) is 193 Å². The minimum atomic E-state index is -3.79. The van der Waals surface area contributed by atoms with Crippen LogP contribution in [0.25, 0.3) is 0 Å². The molecule has 0 aliphatic heterocycles. The van der Waals surface area contributed by atoms with Crippen molar-refractivity contribution in [2.45, 2.75) is 0 Å². The van der Waals surface area contributed by atoms with E-state index in [1.165, 1.54) is 0 Å². The van der Waals surface area contributed by atoms with Crippen LogP contribution in [0.2, 0.25) is 0 Å². The van der Waals surface area contributed by atoms with E-state index in [2.05, 4.69) is 156 Å². The summed E-state index contributed by atoms with van der Waals surface area (Å²) in [6, 6.07) is 62.4. The molecular formula is C36H30Ge2N2O2. The zero-order valence-electron chi connectivity index (χ0n) is 23.0. The van der Waals surface area contributed by atoms with Crippen LogP contribution in [-0.4, -0.2) is 27.2 Å². The Hall–Kier alpha value is -4.39. The molecule has 0 fully saturated rings. The Labute approximate surface area is 252 Å². The molecule has 0 aliphatic rings. The van der Waals surface area contributed by atoms with Gasteiger partial charge in [-0.3, -0.25) is 0 Å². The number of nitrogens with zero attached hydrogens (tertiary/aromatic N) is 2. The van der Waals surface area contributed by atoms with Crippen LogP contribution in [-0.2, 0) is 7.73 Å². The van der Waals surface area contributed by atoms with Crippen LogP contribution in [0.1, 0.15) is 0 Å². The van der Waals surface area contributed by atoms with Crippen molar-refractivity contribution < 1.29 is 7.73 Å². The Morgan fingerprint density at radius 2 is 0.429 bits per heavy atom. The fourth-order valence-electron chi connectivity index (χ4n) is 5.51. The monoisotopic (exact) mass is 670 g/mol. The Balaban J connectivity index is 1.48. The summed E-state index contributed by atoms with van der Waals surface area (Å²) in [7, 11) is 0. The SMILES string of the molecule is c1cc[c]([Ge]([O]/N=N/[O][Ge]([c]2ccccc2)([c]2ccccc2)[c]2ccccc2)([c]2ccccc2)[c]2ccccc2)cc1. The van der Waals surface area contributed by atoms with E-state index in [1.54, 1.807) is 0 Å². The first-order chi connectivity index (χ1) is 20.8. The normalized spacial score (nSPS) is 11.7. The average molecular weight is 668 g/mol. The Bertz CT molecular complexity index is 1380. The molecule has 6 heteroatoms. The van der Waals surface area contributed by atoms with Crippen molar-refractivity contribution in [2.75, 3.05) is 0 Å². The molecule has 0 saturated carbocycles. The first-order valence-corrected chi connectivity index (χ1v) is 21.9. The minimum absolute atomic E-state index is 1.12. The quantitative estimate of drug-likeness (QED) is 0.122. The van der Waals surface area contributed by atoms with Crippen LogP contribution in [0.5, 0.6) is 0 Å². The van der Waals surface area contributed by atoms with Gasteiger partial charge in [0, 0.05) is 0 Å². The average Bonchev–Trinajstić information content (AvgIpc) is 3.09. The first kappa shape index (κ1) is 27.8. The molecule has 0 unspecified atom stereocenters. The van der Waals surface area contributed by atoms with Gasteiger partial charge in [0.05, 0.1) is 0 Å². The van der Waals surface area contributed by atoms with Gasteiger partial charge in [-0.2, -0.15) is 0 Å². The number of hydrogen-bond donors (Lipinski definition) is 0. The van der Waals surface area contributed by atoms with E-state index in [0.29, 0.717) is 0 Å². The molecule has 0 atom stereocenters. The van der Waals surface area contributed by atoms with E-state index in [0.717, 1.165) is 26.4 Å². The van der Waals surface area contributed by atoms with Gasteiger partial charge in [-0.25, -0.2) is 0 Å². The molecule has 4 nitrogen and oxygen atoms in total. The van der Waals surface area contributed by atoms with Crippen LogP contribution in [0, 0.1) is 0 Å². The van der Waals surface area contributed by atoms with Crippen molar-refractivity contribution in [3.05, 3.63) is 182 Å². The van der Waals surface area contributed by atoms with Crippen LogP contribution < -0.4 is 26.4 Å². The molecule has 204 valence electrons. The molecule has 6 aromatic carbocycles. The third-order valence-electron chi connectivity index (χ3n) is 7.47. The van der Waals surface area contributed by atoms with Gasteiger partial charge < -0.3 is 0 Å². The molecule has 0 radical (unpaired) electrons. The van der Waals surface area contributed by atoms with Crippen molar-refractivity contribution in [1.29, 1.82) is 0 Å². The van der Waals surface area contributed by atoms with Crippen molar-refractivity contribution in [3.63, 3.8) is 0 Å². The Kier molecular flexibility index (Phi) is 8.63. The van der Waals surface area contributed by atoms with Gasteiger partial charge in [-0.05, 0) is 0 Å². The molecule has 0 amide bonds. The van der Waals surface area contributed by atoms with Crippen LogP contribution >= 0.6 is 0 Å². The summed E-state index contributed by atoms with van der Waals surface area (Å²) in [5.41, 5.74) is 0. The van der Waals surface area contributed by atoms with E-state index in [1.807, 2.05) is 36.4 Å². The van der Waals surface area contributed by atoms with E-state index in [4.69, 9.17) is 7.73 Å². The predicted octanol–water partition coefficient (Wildman–Crippen LogP) is 4.64. The van der Waals surface area contributed by atoms with Crippen molar-refractivity contribution in [3.8, 4) is 0 Å². The summed E-state index contributed by atoms with van der Waals surface area (Å²) < 4.78 is 20.2. The molecule has 6 aromatic rings. The summed E-state index contributed by atoms with van der Waals surface area (Å²) in [5, 5.41) is 8.93. The first-order valence-electron chi connectivity index (χ1n) is 13.9. The maximum atomic E-state index is 6.74. The summed E-state index contributed by atoms with van der Waals surface area (Å²) in [4.78, 5) is 0. The second-order valence-electron chi connectivity index (χ2n) is 9.90. The second-order valence-corrected chi connectivity index (χ2v) is 23.7. The number of rotatable bonds is 10. The molecule has 0 aromatic heterocycles. The predicted molar refractivity (Wildman–Crippen MR) is 175 cm³/mol. The molecule has 6 rings (SSSR count). The van der Waals surface area contributed by atoms with Gasteiger partial charge in [0.25, 0.3) is 0 Å². The molecular weight excluding hydrogens is 638 g/mol. The van der Waals surface area contributed by atoms with Gasteiger partial charge in [0.15, 0.2) is 0 Å². The number of benzene rings is 6. The summed E-state index contributed by atoms with van der Waals surface area (Å²) >= 11 is -7.58. The molecule has 0 N–H and O–H groups in total. The topological polar surface area (TPSA) is 43.2 Å². The van der Waals surface area contributed by atoms with Gasteiger partial charge in [-0.1, -0.05) is 0 Å². The number of hydrogen-bond acceptors (Lipinski definition) is 4. The van der Waals surface area contributed by atoms with Gasteiger partial charge >= 0.3 is 254 Å². The second kappa shape index (κ2) is 13.1. The third-order valence-corrected chi connectivity index (χ3v) is 23.4. The summed E-state index contributed by atoms with van der Waals surface area (Å²) in [6.07, 6.45) is 0. The maximum absolute atomic E-state index is 6.74. The molecule has 0 heterocycles. The third kappa shape index (κ3) is 5.43. The van der Waals surface area contributed by atoms with E-state index < -0.39 is 27.2 Å². The molecule has 0 saturated heterocycles. The summed E-state index contributed by atoms with van der Waals surface area (Å²) in [6.45, 7) is 0. The molecule has 42 heavy (non-hydrogen) atoms. The van der Waals surface area contributed by atoms with Crippen molar-refractivity contribution >= 4 is 53.6 Å². The van der Waals surface area contributed by atoms with Crippen molar-refractivity contribution in [2.24, 2.45) is 10.6 Å². The van der Waals surface area contributed by atoms with Gasteiger partial charge in [-0.15, -0.1) is 0 Å². The van der Waals surface area contributed by atoms with Gasteiger partial charge in [0.1, 0.15) is 0 Å². The Morgan fingerprint density at radius 1 is 0.262 bits per heavy atom. The Morgan fingerprint density at radius 3 is 0.595 bits per heavy atom. The standard InChI is InChI=1S/C36H30Ge2N2O2/c1-7-19-31(20-8-1)37(32-21-9-2-10-22-32,33-23-11-3-12-24-33)41-39-40-42-38(34-25-13-4-14-26-34,35-27-15-5-16-28-35)36-29-17-6-18-30-36/h1-30H/b40-39+. The zero-order valence-corrected chi connectivity index (χ0v) is 27.2. The molecule has 0 spiro atoms. The fourth-order valence-corrected chi connectivity index (χ4v) is 20.0. The van der Waals surface area contributed by atoms with E-state index >= 15 is 0 Å². The van der Waals surface area contributed by atoms with E-state index in [-0.39, 0.29) is 0 Å².